The maximum Gasteiger partial charge on any atom is 0.421 e. The van der Waals surface area contributed by atoms with E-state index in [4.69, 9.17) is 9.15 Å². The molecule has 0 bridgehead atoms. The lowest BCUT2D eigenvalue weighted by molar-refractivity contribution is -0.116. The van der Waals surface area contributed by atoms with Gasteiger partial charge in [0.05, 0.1) is 12.2 Å². The monoisotopic (exact) mass is 341 g/mol. The van der Waals surface area contributed by atoms with Gasteiger partial charge in [0.15, 0.2) is 11.2 Å². The highest BCUT2D eigenvalue weighted by atomic mass is 16.5. The fraction of sp³-hybridized carbons (Fsp3) is 0.176. The third-order valence-electron chi connectivity index (χ3n) is 3.41. The molecule has 0 saturated carbocycles. The van der Waals surface area contributed by atoms with Gasteiger partial charge in [-0.25, -0.2) is 19.1 Å². The van der Waals surface area contributed by atoms with E-state index in [0.717, 1.165) is 4.57 Å². The van der Waals surface area contributed by atoms with E-state index >= 15 is 0 Å². The number of nitrogens with zero attached hydrogens (tertiary/aromatic N) is 2. The summed E-state index contributed by atoms with van der Waals surface area (Å²) in [5, 5.41) is 2.65. The number of oxazole rings is 1. The first-order valence-electron chi connectivity index (χ1n) is 7.60. The molecule has 0 unspecified atom stereocenters. The average Bonchev–Trinajstić information content (AvgIpc) is 2.91. The molecular weight excluding hydrogens is 326 g/mol. The lowest BCUT2D eigenvalue weighted by Crippen LogP contribution is -2.25. The third-order valence-corrected chi connectivity index (χ3v) is 3.41. The summed E-state index contributed by atoms with van der Waals surface area (Å²) in [7, 11) is 0. The number of aromatic nitrogens is 2. The Morgan fingerprint density at radius 2 is 2.00 bits per heavy atom. The van der Waals surface area contributed by atoms with E-state index in [0.29, 0.717) is 29.1 Å². The van der Waals surface area contributed by atoms with E-state index in [1.807, 2.05) is 0 Å². The maximum absolute atomic E-state index is 12.2. The molecule has 1 amide bonds. The van der Waals surface area contributed by atoms with Gasteiger partial charge in [0, 0.05) is 11.9 Å². The Bertz CT molecular complexity index is 972. The zero-order valence-corrected chi connectivity index (χ0v) is 13.4. The number of benzene rings is 1. The van der Waals surface area contributed by atoms with Gasteiger partial charge in [0.1, 0.15) is 6.54 Å². The third kappa shape index (κ3) is 3.57. The van der Waals surface area contributed by atoms with E-state index in [9.17, 15) is 14.4 Å². The van der Waals surface area contributed by atoms with Crippen molar-refractivity contribution in [3.63, 3.8) is 0 Å². The van der Waals surface area contributed by atoms with Crippen molar-refractivity contribution in [1.29, 1.82) is 0 Å². The molecule has 0 spiro atoms. The molecule has 1 aromatic carbocycles. The van der Waals surface area contributed by atoms with Crippen LogP contribution in [0.3, 0.4) is 0 Å². The van der Waals surface area contributed by atoms with Gasteiger partial charge >= 0.3 is 11.7 Å². The summed E-state index contributed by atoms with van der Waals surface area (Å²) in [6.45, 7) is 1.78. The van der Waals surface area contributed by atoms with Crippen molar-refractivity contribution >= 4 is 28.8 Å². The van der Waals surface area contributed by atoms with Crippen molar-refractivity contribution in [2.45, 2.75) is 13.5 Å². The lowest BCUT2D eigenvalue weighted by atomic mass is 10.2. The van der Waals surface area contributed by atoms with Gasteiger partial charge in [-0.05, 0) is 43.3 Å². The zero-order valence-electron chi connectivity index (χ0n) is 13.4. The molecule has 0 fully saturated rings. The van der Waals surface area contributed by atoms with E-state index in [-0.39, 0.29) is 6.54 Å². The molecule has 0 aliphatic heterocycles. The van der Waals surface area contributed by atoms with E-state index in [2.05, 4.69) is 10.3 Å². The number of carbonyl (C=O) groups excluding carboxylic acids is 2. The average molecular weight is 341 g/mol. The number of anilines is 1. The van der Waals surface area contributed by atoms with Crippen LogP contribution in [0.25, 0.3) is 11.2 Å². The summed E-state index contributed by atoms with van der Waals surface area (Å²) < 4.78 is 11.1. The largest absolute Gasteiger partial charge is 0.462 e. The molecule has 0 atom stereocenters. The summed E-state index contributed by atoms with van der Waals surface area (Å²) in [6, 6.07) is 9.51. The number of carbonyl (C=O) groups is 2. The fourth-order valence-electron chi connectivity index (χ4n) is 2.29. The molecule has 128 valence electrons. The van der Waals surface area contributed by atoms with Crippen molar-refractivity contribution in [3.8, 4) is 0 Å². The molecule has 0 aliphatic rings. The Balaban J connectivity index is 1.71. The van der Waals surface area contributed by atoms with Crippen molar-refractivity contribution in [2.75, 3.05) is 11.9 Å². The Morgan fingerprint density at radius 3 is 2.72 bits per heavy atom. The van der Waals surface area contributed by atoms with Crippen LogP contribution in [0.5, 0.6) is 0 Å². The predicted molar refractivity (Wildman–Crippen MR) is 89.3 cm³/mol. The van der Waals surface area contributed by atoms with E-state index < -0.39 is 17.6 Å². The van der Waals surface area contributed by atoms with Gasteiger partial charge in [-0.1, -0.05) is 0 Å². The summed E-state index contributed by atoms with van der Waals surface area (Å²) in [5.41, 5.74) is 1.51. The second kappa shape index (κ2) is 7.00. The molecule has 8 nitrogen and oxygen atoms in total. The number of ether oxygens (including phenoxy) is 1. The van der Waals surface area contributed by atoms with Gasteiger partial charge in [0.2, 0.25) is 5.91 Å². The Labute approximate surface area is 142 Å². The molecule has 3 rings (SSSR count). The summed E-state index contributed by atoms with van der Waals surface area (Å²) in [5.74, 6) is -1.50. The number of hydrogen-bond acceptors (Lipinski definition) is 6. The minimum absolute atomic E-state index is 0.234. The molecule has 0 saturated heterocycles. The highest BCUT2D eigenvalue weighted by Crippen LogP contribution is 2.12. The number of rotatable bonds is 5. The van der Waals surface area contributed by atoms with Gasteiger partial charge in [-0.3, -0.25) is 4.79 Å². The summed E-state index contributed by atoms with van der Waals surface area (Å²) in [6.07, 6.45) is 1.51. The first-order valence-corrected chi connectivity index (χ1v) is 7.60. The van der Waals surface area contributed by atoms with E-state index in [1.165, 1.54) is 6.20 Å². The van der Waals surface area contributed by atoms with Gasteiger partial charge in [-0.2, -0.15) is 0 Å². The predicted octanol–water partition coefficient (Wildman–Crippen LogP) is 1.80. The number of hydrogen-bond donors (Lipinski definition) is 1. The van der Waals surface area contributed by atoms with Crippen LogP contribution >= 0.6 is 0 Å². The molecule has 0 radical (unpaired) electrons. The van der Waals surface area contributed by atoms with Gasteiger partial charge in [0.25, 0.3) is 0 Å². The van der Waals surface area contributed by atoms with Gasteiger partial charge < -0.3 is 14.5 Å². The van der Waals surface area contributed by atoms with Crippen molar-refractivity contribution in [2.24, 2.45) is 0 Å². The van der Waals surface area contributed by atoms with Crippen molar-refractivity contribution < 1.29 is 18.7 Å². The van der Waals surface area contributed by atoms with E-state index in [1.54, 1.807) is 43.3 Å². The maximum atomic E-state index is 12.2. The minimum Gasteiger partial charge on any atom is -0.462 e. The second-order valence-corrected chi connectivity index (χ2v) is 5.13. The number of pyridine rings is 1. The first kappa shape index (κ1) is 16.4. The smallest absolute Gasteiger partial charge is 0.421 e. The standard InChI is InChI=1S/C17H15N3O5/c1-2-24-16(22)11-5-7-12(8-6-11)19-14(21)10-20-15-13(25-17(20)23)4-3-9-18-15/h3-9H,2,10H2,1H3,(H,19,21). The number of esters is 1. The molecular formula is C17H15N3O5. The quantitative estimate of drug-likeness (QED) is 0.710. The molecule has 8 heteroatoms. The normalized spacial score (nSPS) is 10.6. The Hall–Kier alpha value is -3.42. The van der Waals surface area contributed by atoms with Crippen LogP contribution < -0.4 is 11.1 Å². The number of nitrogens with one attached hydrogen (secondary N) is 1. The first-order chi connectivity index (χ1) is 12.1. The van der Waals surface area contributed by atoms with Crippen molar-refractivity contribution in [1.82, 2.24) is 9.55 Å². The minimum atomic E-state index is -0.651. The van der Waals surface area contributed by atoms with Crippen LogP contribution in [0.1, 0.15) is 17.3 Å². The molecule has 0 aliphatic carbocycles. The lowest BCUT2D eigenvalue weighted by Gasteiger charge is -2.06. The second-order valence-electron chi connectivity index (χ2n) is 5.13. The molecule has 3 aromatic rings. The Kier molecular flexibility index (Phi) is 4.60. The van der Waals surface area contributed by atoms with Crippen LogP contribution in [-0.2, 0) is 16.1 Å². The highest BCUT2D eigenvalue weighted by Gasteiger charge is 2.14. The molecule has 25 heavy (non-hydrogen) atoms. The van der Waals surface area contributed by atoms with Crippen LogP contribution in [0.4, 0.5) is 5.69 Å². The molecule has 1 N–H and O–H groups in total. The summed E-state index contributed by atoms with van der Waals surface area (Å²) in [4.78, 5) is 39.6. The topological polar surface area (TPSA) is 103 Å². The SMILES string of the molecule is CCOC(=O)c1ccc(NC(=O)Cn2c(=O)oc3cccnc32)cc1. The van der Waals surface area contributed by atoms with Crippen LogP contribution in [0, 0.1) is 0 Å². The highest BCUT2D eigenvalue weighted by molar-refractivity contribution is 5.93. The zero-order chi connectivity index (χ0) is 17.8. The van der Waals surface area contributed by atoms with Crippen LogP contribution in [0.15, 0.2) is 51.8 Å². The van der Waals surface area contributed by atoms with Crippen LogP contribution in [0.2, 0.25) is 0 Å². The van der Waals surface area contributed by atoms with Crippen molar-refractivity contribution in [3.05, 3.63) is 58.7 Å². The Morgan fingerprint density at radius 1 is 1.24 bits per heavy atom. The fourth-order valence-corrected chi connectivity index (χ4v) is 2.29. The summed E-state index contributed by atoms with van der Waals surface area (Å²) >= 11 is 0. The van der Waals surface area contributed by atoms with Crippen LogP contribution in [-0.4, -0.2) is 28.0 Å². The molecule has 2 heterocycles. The molecule has 2 aromatic heterocycles. The number of amides is 1. The van der Waals surface area contributed by atoms with Gasteiger partial charge in [-0.15, -0.1) is 0 Å². The number of fused-ring (bicyclic) bond motifs is 1.